The summed E-state index contributed by atoms with van der Waals surface area (Å²) in [6.45, 7) is 1.45. The van der Waals surface area contributed by atoms with E-state index in [9.17, 15) is 19.5 Å². The molecule has 0 aromatic heterocycles. The van der Waals surface area contributed by atoms with Crippen LogP contribution < -0.4 is 10.6 Å². The van der Waals surface area contributed by atoms with Crippen molar-refractivity contribution in [3.8, 4) is 5.75 Å². The summed E-state index contributed by atoms with van der Waals surface area (Å²) >= 11 is 3.18. The number of carbonyl (C=O) groups excluding carboxylic acids is 3. The molecule has 0 heterocycles. The van der Waals surface area contributed by atoms with E-state index in [2.05, 4.69) is 33.5 Å². The number of amides is 3. The molecule has 0 spiro atoms. The molecule has 0 unspecified atom stereocenters. The zero-order valence-corrected chi connectivity index (χ0v) is 15.5. The van der Waals surface area contributed by atoms with E-state index in [4.69, 9.17) is 4.74 Å². The van der Waals surface area contributed by atoms with Crippen LogP contribution in [0.4, 0.5) is 4.79 Å². The molecule has 0 aliphatic heterocycles. The minimum absolute atomic E-state index is 0.0442. The lowest BCUT2D eigenvalue weighted by molar-refractivity contribution is -0.123. The molecule has 0 saturated heterocycles. The van der Waals surface area contributed by atoms with Crippen molar-refractivity contribution in [3.05, 3.63) is 28.2 Å². The maximum Gasteiger partial charge on any atom is 0.342 e. The summed E-state index contributed by atoms with van der Waals surface area (Å²) < 4.78 is 5.41. The zero-order valence-electron chi connectivity index (χ0n) is 13.9. The maximum atomic E-state index is 11.9. The molecule has 2 rings (SSSR count). The number of hydrogen-bond acceptors (Lipinski definition) is 5. The average molecular weight is 413 g/mol. The molecule has 3 amide bonds. The summed E-state index contributed by atoms with van der Waals surface area (Å²) in [6.07, 6.45) is 4.14. The minimum Gasteiger partial charge on any atom is -0.507 e. The van der Waals surface area contributed by atoms with Crippen LogP contribution in [0.5, 0.6) is 5.75 Å². The van der Waals surface area contributed by atoms with E-state index in [0.717, 1.165) is 25.7 Å². The fourth-order valence-corrected chi connectivity index (χ4v) is 3.14. The zero-order chi connectivity index (χ0) is 18.4. The van der Waals surface area contributed by atoms with Gasteiger partial charge in [0.2, 0.25) is 0 Å². The molecule has 1 saturated carbocycles. The quantitative estimate of drug-likeness (QED) is 0.659. The van der Waals surface area contributed by atoms with Gasteiger partial charge in [0, 0.05) is 10.5 Å². The Morgan fingerprint density at radius 3 is 2.72 bits per heavy atom. The van der Waals surface area contributed by atoms with Crippen molar-refractivity contribution in [1.82, 2.24) is 10.6 Å². The molecule has 1 aliphatic rings. The predicted molar refractivity (Wildman–Crippen MR) is 94.2 cm³/mol. The van der Waals surface area contributed by atoms with Crippen molar-refractivity contribution in [2.75, 3.05) is 6.61 Å². The number of imide groups is 1. The number of benzene rings is 1. The van der Waals surface area contributed by atoms with Crippen molar-refractivity contribution in [3.63, 3.8) is 0 Å². The summed E-state index contributed by atoms with van der Waals surface area (Å²) in [7, 11) is 0. The van der Waals surface area contributed by atoms with Crippen LogP contribution in [0.25, 0.3) is 0 Å². The number of esters is 1. The van der Waals surface area contributed by atoms with Gasteiger partial charge < -0.3 is 15.2 Å². The van der Waals surface area contributed by atoms with Crippen molar-refractivity contribution < 1.29 is 24.2 Å². The van der Waals surface area contributed by atoms with Crippen LogP contribution in [0.1, 0.15) is 43.0 Å². The Balaban J connectivity index is 1.79. The second kappa shape index (κ2) is 8.84. The number of ether oxygens (including phenoxy) is 1. The number of halogens is 1. The van der Waals surface area contributed by atoms with Crippen molar-refractivity contribution >= 4 is 33.8 Å². The second-order valence-electron chi connectivity index (χ2n) is 6.13. The molecule has 25 heavy (non-hydrogen) atoms. The van der Waals surface area contributed by atoms with Crippen LogP contribution in [0.2, 0.25) is 0 Å². The van der Waals surface area contributed by atoms with E-state index < -0.39 is 24.5 Å². The molecule has 1 aromatic rings. The molecule has 8 heteroatoms. The van der Waals surface area contributed by atoms with Crippen LogP contribution in [-0.4, -0.2) is 35.7 Å². The van der Waals surface area contributed by atoms with E-state index in [1.54, 1.807) is 6.07 Å². The maximum absolute atomic E-state index is 11.9. The predicted octanol–water partition coefficient (Wildman–Crippen LogP) is 2.72. The smallest absolute Gasteiger partial charge is 0.342 e. The average Bonchev–Trinajstić information content (AvgIpc) is 2.57. The lowest BCUT2D eigenvalue weighted by Crippen LogP contribution is -2.48. The number of urea groups is 1. The second-order valence-corrected chi connectivity index (χ2v) is 7.04. The summed E-state index contributed by atoms with van der Waals surface area (Å²) in [5.41, 5.74) is -0.0670. The summed E-state index contributed by atoms with van der Waals surface area (Å²) in [4.78, 5) is 35.5. The van der Waals surface area contributed by atoms with E-state index >= 15 is 0 Å². The van der Waals surface area contributed by atoms with Gasteiger partial charge in [-0.2, -0.15) is 0 Å². The summed E-state index contributed by atoms with van der Waals surface area (Å²) in [5.74, 6) is -1.47. The molecule has 1 aliphatic carbocycles. The van der Waals surface area contributed by atoms with Crippen molar-refractivity contribution in [2.24, 2.45) is 5.92 Å². The van der Waals surface area contributed by atoms with Gasteiger partial charge in [-0.15, -0.1) is 0 Å². The lowest BCUT2D eigenvalue weighted by atomic mass is 9.86. The molecule has 1 fully saturated rings. The van der Waals surface area contributed by atoms with Gasteiger partial charge in [0.1, 0.15) is 11.3 Å². The number of nitrogens with one attached hydrogen (secondary N) is 2. The van der Waals surface area contributed by atoms with Gasteiger partial charge in [-0.1, -0.05) is 35.7 Å². The number of phenols is 1. The van der Waals surface area contributed by atoms with Crippen molar-refractivity contribution in [2.45, 2.75) is 38.6 Å². The van der Waals surface area contributed by atoms with Crippen LogP contribution in [-0.2, 0) is 9.53 Å². The van der Waals surface area contributed by atoms with E-state index in [1.807, 2.05) is 0 Å². The standard InChI is InChI=1S/C17H21BrN2O5/c1-10-4-2-3-5-13(10)19-17(24)20-15(22)9-25-16(23)12-8-11(18)6-7-14(12)21/h6-8,10,13,21H,2-5,9H2,1H3,(H2,19,20,22,24)/t10-,13+/m1/s1. The molecular formula is C17H21BrN2O5. The lowest BCUT2D eigenvalue weighted by Gasteiger charge is -2.29. The van der Waals surface area contributed by atoms with Gasteiger partial charge in [-0.3, -0.25) is 10.1 Å². The van der Waals surface area contributed by atoms with Crippen LogP contribution in [0.3, 0.4) is 0 Å². The first kappa shape index (κ1) is 19.2. The Morgan fingerprint density at radius 2 is 2.00 bits per heavy atom. The number of rotatable bonds is 4. The number of aromatic hydroxyl groups is 1. The minimum atomic E-state index is -0.852. The number of carbonyl (C=O) groups is 3. The van der Waals surface area contributed by atoms with Gasteiger partial charge in [0.05, 0.1) is 0 Å². The number of phenolic OH excluding ortho intramolecular Hbond substituents is 1. The first-order valence-electron chi connectivity index (χ1n) is 8.13. The Hall–Kier alpha value is -2.09. The molecule has 3 N–H and O–H groups in total. The fourth-order valence-electron chi connectivity index (χ4n) is 2.78. The Kier molecular flexibility index (Phi) is 6.81. The largest absolute Gasteiger partial charge is 0.507 e. The molecule has 7 nitrogen and oxygen atoms in total. The van der Waals surface area contributed by atoms with Crippen LogP contribution in [0, 0.1) is 5.92 Å². The Labute approximate surface area is 154 Å². The molecule has 1 aromatic carbocycles. The highest BCUT2D eigenvalue weighted by Crippen LogP contribution is 2.24. The first-order valence-corrected chi connectivity index (χ1v) is 8.92. The third kappa shape index (κ3) is 5.74. The van der Waals surface area contributed by atoms with Gasteiger partial charge in [0.15, 0.2) is 6.61 Å². The van der Waals surface area contributed by atoms with E-state index in [1.165, 1.54) is 12.1 Å². The van der Waals surface area contributed by atoms with Crippen LogP contribution >= 0.6 is 15.9 Å². The fraction of sp³-hybridized carbons (Fsp3) is 0.471. The molecule has 136 valence electrons. The Morgan fingerprint density at radius 1 is 1.28 bits per heavy atom. The van der Waals surface area contributed by atoms with Gasteiger partial charge in [0.25, 0.3) is 5.91 Å². The van der Waals surface area contributed by atoms with Gasteiger partial charge in [-0.25, -0.2) is 9.59 Å². The third-order valence-electron chi connectivity index (χ3n) is 4.19. The molecular weight excluding hydrogens is 392 g/mol. The molecule has 0 radical (unpaired) electrons. The van der Waals surface area contributed by atoms with Gasteiger partial charge in [-0.05, 0) is 37.0 Å². The number of hydrogen-bond donors (Lipinski definition) is 3. The first-order chi connectivity index (χ1) is 11.9. The monoisotopic (exact) mass is 412 g/mol. The topological polar surface area (TPSA) is 105 Å². The highest BCUT2D eigenvalue weighted by atomic mass is 79.9. The highest BCUT2D eigenvalue weighted by molar-refractivity contribution is 9.10. The summed E-state index contributed by atoms with van der Waals surface area (Å²) in [6, 6.07) is 3.73. The van der Waals surface area contributed by atoms with Gasteiger partial charge >= 0.3 is 12.0 Å². The Bertz CT molecular complexity index is 664. The third-order valence-corrected chi connectivity index (χ3v) is 4.69. The van der Waals surface area contributed by atoms with E-state index in [0.29, 0.717) is 10.4 Å². The van der Waals surface area contributed by atoms with Crippen molar-refractivity contribution in [1.29, 1.82) is 0 Å². The molecule has 2 atom stereocenters. The van der Waals surface area contributed by atoms with E-state index in [-0.39, 0.29) is 17.4 Å². The highest BCUT2D eigenvalue weighted by Gasteiger charge is 2.23. The summed E-state index contributed by atoms with van der Waals surface area (Å²) in [5, 5.41) is 14.6. The van der Waals surface area contributed by atoms with Crippen LogP contribution in [0.15, 0.2) is 22.7 Å². The SMILES string of the molecule is C[C@@H]1CCCC[C@@H]1NC(=O)NC(=O)COC(=O)c1cc(Br)ccc1O. The molecule has 0 bridgehead atoms. The normalized spacial score (nSPS) is 19.8.